The Morgan fingerprint density at radius 2 is 1.79 bits per heavy atom. The lowest BCUT2D eigenvalue weighted by Crippen LogP contribution is -2.40. The van der Waals surface area contributed by atoms with E-state index in [4.69, 9.17) is 14.1 Å². The van der Waals surface area contributed by atoms with Crippen LogP contribution in [0.4, 0.5) is 5.88 Å². The highest BCUT2D eigenvalue weighted by atomic mass is 32.1. The van der Waals surface area contributed by atoms with Crippen LogP contribution in [-0.4, -0.2) is 30.2 Å². The van der Waals surface area contributed by atoms with Crippen molar-refractivity contribution in [2.45, 2.75) is 52.5 Å². The summed E-state index contributed by atoms with van der Waals surface area (Å²) in [5.41, 5.74) is 3.44. The number of thiazole rings is 1. The van der Waals surface area contributed by atoms with Gasteiger partial charge in [-0.2, -0.15) is 0 Å². The quantitative estimate of drug-likeness (QED) is 0.249. The molecule has 8 heteroatoms. The van der Waals surface area contributed by atoms with Crippen LogP contribution in [0.1, 0.15) is 74.9 Å². The summed E-state index contributed by atoms with van der Waals surface area (Å²) in [6.07, 6.45) is 4.06. The van der Waals surface area contributed by atoms with Gasteiger partial charge in [0.05, 0.1) is 28.5 Å². The van der Waals surface area contributed by atoms with E-state index in [0.717, 1.165) is 48.9 Å². The van der Waals surface area contributed by atoms with Gasteiger partial charge in [-0.3, -0.25) is 9.36 Å². The second-order valence-electron chi connectivity index (χ2n) is 11.6. The number of carbonyl (C=O) groups is 1. The molecule has 7 nitrogen and oxygen atoms in total. The van der Waals surface area contributed by atoms with E-state index in [1.54, 1.807) is 17.6 Å². The standard InChI is InChI=1S/C35H37N3O4S/c1-5-41-34(40)30-31(25-9-7-6-8-10-25)36-35-38(32(30)26-13-11-24(12-14-26)22(2)3)33(39)28(43-35)21-27-15-16-29(42-27)37-19-17-23(4)18-20-37/h6-16,21-23,32H,5,17-20H2,1-4H3/b28-21+/t32-/m0/s1. The van der Waals surface area contributed by atoms with E-state index in [0.29, 0.717) is 32.3 Å². The summed E-state index contributed by atoms with van der Waals surface area (Å²) in [5.74, 6) is 2.03. The fraction of sp³-hybridized carbons (Fsp3) is 0.343. The Kier molecular flexibility index (Phi) is 8.21. The van der Waals surface area contributed by atoms with Crippen molar-refractivity contribution in [2.75, 3.05) is 24.6 Å². The normalized spacial score (nSPS) is 17.7. The molecule has 2 aromatic carbocycles. The van der Waals surface area contributed by atoms with Crippen molar-refractivity contribution in [3.63, 3.8) is 0 Å². The first kappa shape index (κ1) is 28.9. The molecule has 0 spiro atoms. The van der Waals surface area contributed by atoms with E-state index in [1.807, 2.05) is 54.6 Å². The zero-order valence-electron chi connectivity index (χ0n) is 25.1. The number of esters is 1. The van der Waals surface area contributed by atoms with Gasteiger partial charge in [0.15, 0.2) is 10.7 Å². The highest BCUT2D eigenvalue weighted by Gasteiger charge is 2.35. The van der Waals surface area contributed by atoms with Gasteiger partial charge in [0.2, 0.25) is 0 Å². The van der Waals surface area contributed by atoms with Gasteiger partial charge in [0.25, 0.3) is 5.56 Å². The van der Waals surface area contributed by atoms with Crippen LogP contribution in [0.5, 0.6) is 0 Å². The van der Waals surface area contributed by atoms with Crippen molar-refractivity contribution in [3.05, 3.63) is 114 Å². The molecule has 0 bridgehead atoms. The van der Waals surface area contributed by atoms with E-state index >= 15 is 0 Å². The molecule has 2 aliphatic heterocycles. The lowest BCUT2D eigenvalue weighted by atomic mass is 9.91. The molecule has 0 unspecified atom stereocenters. The van der Waals surface area contributed by atoms with Gasteiger partial charge in [-0.1, -0.05) is 86.7 Å². The number of hydrogen-bond donors (Lipinski definition) is 0. The van der Waals surface area contributed by atoms with Crippen LogP contribution in [0.2, 0.25) is 0 Å². The van der Waals surface area contributed by atoms with E-state index in [2.05, 4.69) is 37.8 Å². The largest absolute Gasteiger partial charge is 0.463 e. The minimum absolute atomic E-state index is 0.213. The molecule has 0 amide bonds. The lowest BCUT2D eigenvalue weighted by Gasteiger charge is -2.29. The number of fused-ring (bicyclic) bond motifs is 1. The maximum absolute atomic E-state index is 14.1. The number of aromatic nitrogens is 1. The zero-order chi connectivity index (χ0) is 30.1. The zero-order valence-corrected chi connectivity index (χ0v) is 25.9. The van der Waals surface area contributed by atoms with Crippen molar-refractivity contribution in [2.24, 2.45) is 10.9 Å². The predicted molar refractivity (Wildman–Crippen MR) is 171 cm³/mol. The Labute approximate surface area is 255 Å². The molecule has 0 saturated carbocycles. The van der Waals surface area contributed by atoms with Crippen molar-refractivity contribution in [1.82, 2.24) is 4.57 Å². The van der Waals surface area contributed by atoms with Gasteiger partial charge in [0.1, 0.15) is 5.76 Å². The highest BCUT2D eigenvalue weighted by Crippen LogP contribution is 2.35. The molecular formula is C35H37N3O4S. The first-order valence-electron chi connectivity index (χ1n) is 15.1. The van der Waals surface area contributed by atoms with Gasteiger partial charge in [0, 0.05) is 30.8 Å². The molecule has 6 rings (SSSR count). The summed E-state index contributed by atoms with van der Waals surface area (Å²) in [6.45, 7) is 10.5. The average molecular weight is 596 g/mol. The molecule has 0 radical (unpaired) electrons. The Morgan fingerprint density at radius 3 is 2.47 bits per heavy atom. The molecule has 0 N–H and O–H groups in total. The molecule has 2 aromatic heterocycles. The maximum Gasteiger partial charge on any atom is 0.338 e. The van der Waals surface area contributed by atoms with E-state index in [-0.39, 0.29) is 12.2 Å². The van der Waals surface area contributed by atoms with Crippen LogP contribution in [0.3, 0.4) is 0 Å². The Morgan fingerprint density at radius 1 is 1.07 bits per heavy atom. The van der Waals surface area contributed by atoms with E-state index in [9.17, 15) is 9.59 Å². The number of benzene rings is 2. The van der Waals surface area contributed by atoms with Gasteiger partial charge >= 0.3 is 5.97 Å². The van der Waals surface area contributed by atoms with Gasteiger partial charge in [-0.05, 0) is 48.8 Å². The molecular weight excluding hydrogens is 558 g/mol. The topological polar surface area (TPSA) is 77.0 Å². The van der Waals surface area contributed by atoms with Crippen LogP contribution in [0.15, 0.2) is 86.5 Å². The van der Waals surface area contributed by atoms with Crippen LogP contribution >= 0.6 is 11.3 Å². The molecule has 1 fully saturated rings. The van der Waals surface area contributed by atoms with Crippen LogP contribution in [0, 0.1) is 5.92 Å². The maximum atomic E-state index is 14.1. The average Bonchev–Trinajstić information content (AvgIpc) is 3.61. The van der Waals surface area contributed by atoms with E-state index in [1.165, 1.54) is 16.9 Å². The van der Waals surface area contributed by atoms with Crippen molar-refractivity contribution >= 4 is 35.0 Å². The lowest BCUT2D eigenvalue weighted by molar-refractivity contribution is -0.138. The predicted octanol–water partition coefficient (Wildman–Crippen LogP) is 5.89. The fourth-order valence-corrected chi connectivity index (χ4v) is 6.75. The smallest absolute Gasteiger partial charge is 0.338 e. The minimum Gasteiger partial charge on any atom is -0.463 e. The number of furan rings is 1. The number of rotatable bonds is 7. The summed E-state index contributed by atoms with van der Waals surface area (Å²) in [5, 5.41) is 0. The van der Waals surface area contributed by atoms with Gasteiger partial charge in [-0.25, -0.2) is 9.79 Å². The summed E-state index contributed by atoms with van der Waals surface area (Å²) in [4.78, 5) is 35.5. The van der Waals surface area contributed by atoms with Crippen LogP contribution in [0.25, 0.3) is 11.8 Å². The van der Waals surface area contributed by atoms with Crippen LogP contribution in [-0.2, 0) is 9.53 Å². The van der Waals surface area contributed by atoms with Crippen molar-refractivity contribution in [3.8, 4) is 0 Å². The Bertz CT molecular complexity index is 1820. The number of carbonyl (C=O) groups excluding carboxylic acids is 1. The monoisotopic (exact) mass is 595 g/mol. The molecule has 2 aliphatic rings. The molecule has 1 saturated heterocycles. The first-order chi connectivity index (χ1) is 20.8. The molecule has 0 aliphatic carbocycles. The Balaban J connectivity index is 1.51. The van der Waals surface area contributed by atoms with Crippen LogP contribution < -0.4 is 19.8 Å². The summed E-state index contributed by atoms with van der Waals surface area (Å²) in [6, 6.07) is 20.9. The third-order valence-corrected chi connectivity index (χ3v) is 9.26. The van der Waals surface area contributed by atoms with Gasteiger partial charge < -0.3 is 14.1 Å². The third kappa shape index (κ3) is 5.76. The molecule has 4 aromatic rings. The SMILES string of the molecule is CCOC(=O)C1=C(c2ccccc2)N=c2s/c(=C/c3ccc(N4CCC(C)CC4)o3)c(=O)n2[C@H]1c1ccc(C(C)C)cc1. The fourth-order valence-electron chi connectivity index (χ4n) is 5.77. The number of ether oxygens (including phenoxy) is 1. The summed E-state index contributed by atoms with van der Waals surface area (Å²) >= 11 is 1.30. The molecule has 1 atom stereocenters. The Hall–Kier alpha value is -4.17. The van der Waals surface area contributed by atoms with Crippen molar-refractivity contribution in [1.29, 1.82) is 0 Å². The molecule has 43 heavy (non-hydrogen) atoms. The number of piperidine rings is 1. The number of nitrogens with zero attached hydrogens (tertiary/aromatic N) is 3. The summed E-state index contributed by atoms with van der Waals surface area (Å²) < 4.78 is 13.9. The van der Waals surface area contributed by atoms with Crippen molar-refractivity contribution < 1.29 is 13.9 Å². The molecule has 4 heterocycles. The first-order valence-corrected chi connectivity index (χ1v) is 15.9. The third-order valence-electron chi connectivity index (χ3n) is 8.27. The minimum atomic E-state index is -0.698. The number of anilines is 1. The second-order valence-corrected chi connectivity index (χ2v) is 12.6. The van der Waals surface area contributed by atoms with E-state index < -0.39 is 12.0 Å². The second kappa shape index (κ2) is 12.2. The van der Waals surface area contributed by atoms with Gasteiger partial charge in [-0.15, -0.1) is 0 Å². The highest BCUT2D eigenvalue weighted by molar-refractivity contribution is 7.07. The summed E-state index contributed by atoms with van der Waals surface area (Å²) in [7, 11) is 0. The number of hydrogen-bond acceptors (Lipinski definition) is 7. The molecule has 222 valence electrons.